The number of rotatable bonds is 3. The lowest BCUT2D eigenvalue weighted by Crippen LogP contribution is -2.00. The molecule has 19 heavy (non-hydrogen) atoms. The maximum absolute atomic E-state index is 4.56. The van der Waals surface area contributed by atoms with Gasteiger partial charge in [0.05, 0.1) is 0 Å². The van der Waals surface area contributed by atoms with Gasteiger partial charge in [-0.3, -0.25) is 0 Å². The Bertz CT molecular complexity index is 660. The van der Waals surface area contributed by atoms with Gasteiger partial charge in [0.25, 0.3) is 0 Å². The molecule has 2 nitrogen and oxygen atoms in total. The quantitative estimate of drug-likeness (QED) is 0.702. The average molecular weight is 313 g/mol. The molecule has 0 amide bonds. The fourth-order valence-corrected chi connectivity index (χ4v) is 2.52. The summed E-state index contributed by atoms with van der Waals surface area (Å²) in [6.07, 6.45) is 2.02. The van der Waals surface area contributed by atoms with E-state index in [4.69, 9.17) is 0 Å². The van der Waals surface area contributed by atoms with Gasteiger partial charge in [0.2, 0.25) is 0 Å². The smallest absolute Gasteiger partial charge is 0.141 e. The molecule has 0 spiro atoms. The first-order valence-electron chi connectivity index (χ1n) is 6.15. The summed E-state index contributed by atoms with van der Waals surface area (Å²) in [5.74, 6) is 0.983. The monoisotopic (exact) mass is 312 g/mol. The van der Waals surface area contributed by atoms with Crippen LogP contribution in [-0.4, -0.2) is 9.55 Å². The molecule has 1 heterocycles. The molecular formula is C16H13BrN2. The first-order valence-corrected chi connectivity index (χ1v) is 6.94. The van der Waals surface area contributed by atoms with Gasteiger partial charge < -0.3 is 4.57 Å². The number of benzene rings is 2. The number of hydrogen-bond donors (Lipinski definition) is 0. The van der Waals surface area contributed by atoms with Gasteiger partial charge in [-0.25, -0.2) is 4.98 Å². The summed E-state index contributed by atoms with van der Waals surface area (Å²) in [5.41, 5.74) is 2.40. The van der Waals surface area contributed by atoms with Crippen LogP contribution in [0, 0.1) is 0 Å². The number of imidazole rings is 1. The van der Waals surface area contributed by atoms with Crippen LogP contribution in [0.15, 0.2) is 71.5 Å². The van der Waals surface area contributed by atoms with E-state index in [0.717, 1.165) is 22.5 Å². The van der Waals surface area contributed by atoms with Crippen LogP contribution in [0.3, 0.4) is 0 Å². The van der Waals surface area contributed by atoms with E-state index < -0.39 is 0 Å². The van der Waals surface area contributed by atoms with E-state index in [9.17, 15) is 0 Å². The Morgan fingerprint density at radius 3 is 2.21 bits per heavy atom. The number of aromatic nitrogens is 2. The summed E-state index contributed by atoms with van der Waals surface area (Å²) in [5, 5.41) is 0. The summed E-state index contributed by atoms with van der Waals surface area (Å²) < 4.78 is 3.02. The van der Waals surface area contributed by atoms with E-state index in [1.165, 1.54) is 5.56 Å². The Labute approximate surface area is 120 Å². The largest absolute Gasteiger partial charge is 0.325 e. The molecule has 0 radical (unpaired) electrons. The summed E-state index contributed by atoms with van der Waals surface area (Å²) >= 11 is 3.46. The fourth-order valence-electron chi connectivity index (χ4n) is 2.10. The molecule has 3 aromatic rings. The molecule has 1 aromatic heterocycles. The lowest BCUT2D eigenvalue weighted by Gasteiger charge is -2.07. The Hall–Kier alpha value is -1.87. The van der Waals surface area contributed by atoms with Crippen LogP contribution in [-0.2, 0) is 6.54 Å². The summed E-state index contributed by atoms with van der Waals surface area (Å²) in [4.78, 5) is 4.56. The molecule has 0 aliphatic rings. The van der Waals surface area contributed by atoms with Crippen LogP contribution < -0.4 is 0 Å². The predicted molar refractivity (Wildman–Crippen MR) is 80.9 cm³/mol. The second-order valence-corrected chi connectivity index (χ2v) is 5.18. The van der Waals surface area contributed by atoms with Crippen LogP contribution in [0.5, 0.6) is 0 Å². The molecule has 0 saturated carbocycles. The van der Waals surface area contributed by atoms with Crippen molar-refractivity contribution in [2.75, 3.05) is 0 Å². The molecular weight excluding hydrogens is 300 g/mol. The molecule has 94 valence electrons. The average Bonchev–Trinajstić information content (AvgIpc) is 2.82. The van der Waals surface area contributed by atoms with Crippen LogP contribution in [0.4, 0.5) is 0 Å². The molecule has 0 unspecified atom stereocenters. The van der Waals surface area contributed by atoms with Gasteiger partial charge in [0.1, 0.15) is 10.4 Å². The SMILES string of the molecule is Brc1cn(Cc2ccccc2)c(-c2ccccc2)n1. The van der Waals surface area contributed by atoms with Gasteiger partial charge >= 0.3 is 0 Å². The molecule has 0 saturated heterocycles. The predicted octanol–water partition coefficient (Wildman–Crippen LogP) is 4.36. The molecule has 3 rings (SSSR count). The first-order chi connectivity index (χ1) is 9.33. The highest BCUT2D eigenvalue weighted by Crippen LogP contribution is 2.22. The van der Waals surface area contributed by atoms with Gasteiger partial charge in [-0.2, -0.15) is 0 Å². The molecule has 0 N–H and O–H groups in total. The lowest BCUT2D eigenvalue weighted by molar-refractivity contribution is 0.807. The van der Waals surface area contributed by atoms with Crippen molar-refractivity contribution in [1.82, 2.24) is 9.55 Å². The van der Waals surface area contributed by atoms with Crippen molar-refractivity contribution in [3.8, 4) is 11.4 Å². The van der Waals surface area contributed by atoms with Crippen molar-refractivity contribution in [2.45, 2.75) is 6.54 Å². The number of nitrogens with zero attached hydrogens (tertiary/aromatic N) is 2. The van der Waals surface area contributed by atoms with Crippen molar-refractivity contribution < 1.29 is 0 Å². The van der Waals surface area contributed by atoms with Gasteiger partial charge in [-0.1, -0.05) is 60.7 Å². The zero-order valence-electron chi connectivity index (χ0n) is 10.3. The van der Waals surface area contributed by atoms with E-state index in [2.05, 4.69) is 61.9 Å². The van der Waals surface area contributed by atoms with E-state index in [-0.39, 0.29) is 0 Å². The highest BCUT2D eigenvalue weighted by atomic mass is 79.9. The standard InChI is InChI=1S/C16H13BrN2/c17-15-12-19(11-13-7-3-1-4-8-13)16(18-15)14-9-5-2-6-10-14/h1-10,12H,11H2. The van der Waals surface area contributed by atoms with E-state index in [1.54, 1.807) is 0 Å². The van der Waals surface area contributed by atoms with Crippen LogP contribution in [0.25, 0.3) is 11.4 Å². The zero-order chi connectivity index (χ0) is 13.1. The normalized spacial score (nSPS) is 10.6. The summed E-state index contributed by atoms with van der Waals surface area (Å²) in [6.45, 7) is 0.823. The fraction of sp³-hybridized carbons (Fsp3) is 0.0625. The number of halogens is 1. The topological polar surface area (TPSA) is 17.8 Å². The Balaban J connectivity index is 1.99. The second-order valence-electron chi connectivity index (χ2n) is 4.37. The third-order valence-electron chi connectivity index (χ3n) is 2.97. The molecule has 0 bridgehead atoms. The first kappa shape index (κ1) is 12.2. The van der Waals surface area contributed by atoms with E-state index in [0.29, 0.717) is 0 Å². The van der Waals surface area contributed by atoms with Gasteiger partial charge in [-0.15, -0.1) is 0 Å². The number of hydrogen-bond acceptors (Lipinski definition) is 1. The van der Waals surface area contributed by atoms with Crippen molar-refractivity contribution in [3.05, 3.63) is 77.0 Å². The van der Waals surface area contributed by atoms with Gasteiger partial charge in [-0.05, 0) is 21.5 Å². The van der Waals surface area contributed by atoms with Gasteiger partial charge in [0, 0.05) is 18.3 Å². The van der Waals surface area contributed by atoms with Crippen LogP contribution in [0.2, 0.25) is 0 Å². The van der Waals surface area contributed by atoms with E-state index >= 15 is 0 Å². The third-order valence-corrected chi connectivity index (χ3v) is 3.36. The third kappa shape index (κ3) is 2.76. The van der Waals surface area contributed by atoms with Crippen molar-refractivity contribution in [1.29, 1.82) is 0 Å². The Morgan fingerprint density at radius 2 is 1.53 bits per heavy atom. The minimum atomic E-state index is 0.823. The molecule has 0 atom stereocenters. The van der Waals surface area contributed by atoms with Crippen molar-refractivity contribution >= 4 is 15.9 Å². The lowest BCUT2D eigenvalue weighted by atomic mass is 10.2. The van der Waals surface area contributed by atoms with Crippen LogP contribution in [0.1, 0.15) is 5.56 Å². The minimum absolute atomic E-state index is 0.823. The van der Waals surface area contributed by atoms with Crippen molar-refractivity contribution in [3.63, 3.8) is 0 Å². The molecule has 0 fully saturated rings. The Kier molecular flexibility index (Phi) is 3.47. The molecule has 0 aliphatic carbocycles. The molecule has 2 aromatic carbocycles. The van der Waals surface area contributed by atoms with Gasteiger partial charge in [0.15, 0.2) is 0 Å². The minimum Gasteiger partial charge on any atom is -0.325 e. The highest BCUT2D eigenvalue weighted by Gasteiger charge is 2.08. The van der Waals surface area contributed by atoms with Crippen LogP contribution >= 0.6 is 15.9 Å². The van der Waals surface area contributed by atoms with Crippen molar-refractivity contribution in [2.24, 2.45) is 0 Å². The Morgan fingerprint density at radius 1 is 0.895 bits per heavy atom. The second kappa shape index (κ2) is 5.41. The summed E-state index contributed by atoms with van der Waals surface area (Å²) in [7, 11) is 0. The molecule has 3 heteroatoms. The van der Waals surface area contributed by atoms with E-state index in [1.807, 2.05) is 30.5 Å². The molecule has 0 aliphatic heterocycles. The summed E-state index contributed by atoms with van der Waals surface area (Å²) in [6, 6.07) is 20.6. The highest BCUT2D eigenvalue weighted by molar-refractivity contribution is 9.10. The maximum atomic E-state index is 4.56. The zero-order valence-corrected chi connectivity index (χ0v) is 11.9. The maximum Gasteiger partial charge on any atom is 0.141 e.